The molecule has 3 heteroatoms. The van der Waals surface area contributed by atoms with Gasteiger partial charge in [-0.2, -0.15) is 0 Å². The lowest BCUT2D eigenvalue weighted by molar-refractivity contribution is 0.0849. The number of rotatable bonds is 2. The van der Waals surface area contributed by atoms with Crippen molar-refractivity contribution in [3.05, 3.63) is 65.0 Å². The van der Waals surface area contributed by atoms with Crippen LogP contribution in [0.15, 0.2) is 42.5 Å². The predicted molar refractivity (Wildman–Crippen MR) is 77.1 cm³/mol. The molecule has 1 unspecified atom stereocenters. The SMILES string of the molecule is O=C1CC(c2ccc(C3CC3)cc2)Oc2ccc(F)cc21. The molecular weight excluding hydrogens is 267 g/mol. The topological polar surface area (TPSA) is 26.3 Å². The maximum atomic E-state index is 13.2. The molecule has 0 radical (unpaired) electrons. The zero-order valence-corrected chi connectivity index (χ0v) is 11.5. The second-order valence-electron chi connectivity index (χ2n) is 5.82. The summed E-state index contributed by atoms with van der Waals surface area (Å²) in [5.74, 6) is 0.727. The van der Waals surface area contributed by atoms with Gasteiger partial charge in [0.15, 0.2) is 5.78 Å². The summed E-state index contributed by atoms with van der Waals surface area (Å²) in [5.41, 5.74) is 2.71. The van der Waals surface area contributed by atoms with Crippen LogP contribution < -0.4 is 4.74 Å². The molecule has 2 aromatic carbocycles. The zero-order chi connectivity index (χ0) is 14.4. The quantitative estimate of drug-likeness (QED) is 0.815. The number of ketones is 1. The van der Waals surface area contributed by atoms with Crippen molar-refractivity contribution in [2.45, 2.75) is 31.3 Å². The highest BCUT2D eigenvalue weighted by atomic mass is 19.1. The summed E-state index contributed by atoms with van der Waals surface area (Å²) in [6.45, 7) is 0. The van der Waals surface area contributed by atoms with Gasteiger partial charge in [-0.15, -0.1) is 0 Å². The number of hydrogen-bond acceptors (Lipinski definition) is 2. The Morgan fingerprint density at radius 1 is 1.00 bits per heavy atom. The van der Waals surface area contributed by atoms with E-state index in [4.69, 9.17) is 4.74 Å². The molecule has 21 heavy (non-hydrogen) atoms. The normalized spacial score (nSPS) is 20.8. The summed E-state index contributed by atoms with van der Waals surface area (Å²) in [6.07, 6.45) is 2.54. The number of halogens is 1. The Balaban J connectivity index is 1.62. The van der Waals surface area contributed by atoms with Crippen LogP contribution in [-0.4, -0.2) is 5.78 Å². The smallest absolute Gasteiger partial charge is 0.170 e. The van der Waals surface area contributed by atoms with Crippen LogP contribution in [0.25, 0.3) is 0 Å². The largest absolute Gasteiger partial charge is 0.484 e. The standard InChI is InChI=1S/C18H15FO2/c19-14-7-8-17-15(9-14)16(20)10-18(21-17)13-5-3-12(4-6-13)11-1-2-11/h3-9,11,18H,1-2,10H2. The number of fused-ring (bicyclic) bond motifs is 1. The van der Waals surface area contributed by atoms with Crippen LogP contribution in [0.3, 0.4) is 0 Å². The first-order valence-corrected chi connectivity index (χ1v) is 7.30. The van der Waals surface area contributed by atoms with Gasteiger partial charge < -0.3 is 4.74 Å². The van der Waals surface area contributed by atoms with Crippen LogP contribution in [-0.2, 0) is 0 Å². The van der Waals surface area contributed by atoms with Gasteiger partial charge in [0.1, 0.15) is 17.7 Å². The van der Waals surface area contributed by atoms with Crippen molar-refractivity contribution in [2.24, 2.45) is 0 Å². The van der Waals surface area contributed by atoms with Crippen molar-refractivity contribution in [1.29, 1.82) is 0 Å². The summed E-state index contributed by atoms with van der Waals surface area (Å²) in [7, 11) is 0. The van der Waals surface area contributed by atoms with Gasteiger partial charge in [0.25, 0.3) is 0 Å². The molecule has 1 fully saturated rings. The molecule has 0 spiro atoms. The highest BCUT2D eigenvalue weighted by Crippen LogP contribution is 2.41. The molecule has 0 aromatic heterocycles. The van der Waals surface area contributed by atoms with Crippen molar-refractivity contribution in [3.8, 4) is 5.75 Å². The molecule has 1 heterocycles. The first-order chi connectivity index (χ1) is 10.2. The van der Waals surface area contributed by atoms with E-state index in [1.807, 2.05) is 12.1 Å². The minimum absolute atomic E-state index is 0.0629. The lowest BCUT2D eigenvalue weighted by Gasteiger charge is -2.25. The maximum Gasteiger partial charge on any atom is 0.170 e. The lowest BCUT2D eigenvalue weighted by Crippen LogP contribution is -2.20. The fourth-order valence-corrected chi connectivity index (χ4v) is 2.88. The molecular formula is C18H15FO2. The number of benzene rings is 2. The minimum Gasteiger partial charge on any atom is -0.484 e. The van der Waals surface area contributed by atoms with Crippen LogP contribution in [0.2, 0.25) is 0 Å². The van der Waals surface area contributed by atoms with Crippen LogP contribution in [0.1, 0.15) is 52.8 Å². The molecule has 2 aliphatic rings. The second kappa shape index (κ2) is 4.69. The fourth-order valence-electron chi connectivity index (χ4n) is 2.88. The number of carbonyl (C=O) groups excluding carboxylic acids is 1. The van der Waals surface area contributed by atoms with Crippen molar-refractivity contribution in [3.63, 3.8) is 0 Å². The van der Waals surface area contributed by atoms with Gasteiger partial charge in [-0.3, -0.25) is 4.79 Å². The van der Waals surface area contributed by atoms with Gasteiger partial charge in [0.05, 0.1) is 12.0 Å². The van der Waals surface area contributed by atoms with Gasteiger partial charge in [-0.1, -0.05) is 24.3 Å². The van der Waals surface area contributed by atoms with E-state index in [1.54, 1.807) is 0 Å². The van der Waals surface area contributed by atoms with Crippen LogP contribution in [0.5, 0.6) is 5.75 Å². The van der Waals surface area contributed by atoms with E-state index in [1.165, 1.54) is 36.6 Å². The molecule has 2 nitrogen and oxygen atoms in total. The van der Waals surface area contributed by atoms with E-state index in [-0.39, 0.29) is 18.3 Å². The van der Waals surface area contributed by atoms with Crippen LogP contribution in [0, 0.1) is 5.82 Å². The summed E-state index contributed by atoms with van der Waals surface area (Å²) >= 11 is 0. The molecule has 2 aromatic rings. The molecule has 0 N–H and O–H groups in total. The molecule has 0 saturated heterocycles. The maximum absolute atomic E-state index is 13.2. The van der Waals surface area contributed by atoms with E-state index in [9.17, 15) is 9.18 Å². The van der Waals surface area contributed by atoms with Crippen molar-refractivity contribution < 1.29 is 13.9 Å². The number of ether oxygens (including phenoxy) is 1. The summed E-state index contributed by atoms with van der Waals surface area (Å²) < 4.78 is 19.1. The minimum atomic E-state index is -0.405. The second-order valence-corrected chi connectivity index (χ2v) is 5.82. The van der Waals surface area contributed by atoms with Gasteiger partial charge in [0.2, 0.25) is 0 Å². The van der Waals surface area contributed by atoms with E-state index < -0.39 is 5.82 Å². The van der Waals surface area contributed by atoms with Gasteiger partial charge in [-0.05, 0) is 48.1 Å². The Morgan fingerprint density at radius 3 is 2.43 bits per heavy atom. The third-order valence-corrected chi connectivity index (χ3v) is 4.24. The molecule has 0 amide bonds. The Hall–Kier alpha value is -2.16. The van der Waals surface area contributed by atoms with E-state index in [0.29, 0.717) is 11.3 Å². The van der Waals surface area contributed by atoms with Crippen LogP contribution >= 0.6 is 0 Å². The van der Waals surface area contributed by atoms with Gasteiger partial charge in [0, 0.05) is 0 Å². The van der Waals surface area contributed by atoms with Crippen LogP contribution in [0.4, 0.5) is 4.39 Å². The van der Waals surface area contributed by atoms with Crippen molar-refractivity contribution >= 4 is 5.78 Å². The Labute approximate surface area is 122 Å². The fraction of sp³-hybridized carbons (Fsp3) is 0.278. The van der Waals surface area contributed by atoms with Gasteiger partial charge >= 0.3 is 0 Å². The Kier molecular flexibility index (Phi) is 2.81. The lowest BCUT2D eigenvalue weighted by atomic mass is 9.95. The Morgan fingerprint density at radius 2 is 1.71 bits per heavy atom. The summed E-state index contributed by atoms with van der Waals surface area (Å²) in [4.78, 5) is 12.2. The van der Waals surface area contributed by atoms with Crippen molar-refractivity contribution in [2.75, 3.05) is 0 Å². The third-order valence-electron chi connectivity index (χ3n) is 4.24. The first kappa shape index (κ1) is 12.6. The Bertz CT molecular complexity index is 702. The monoisotopic (exact) mass is 282 g/mol. The zero-order valence-electron chi connectivity index (χ0n) is 11.5. The average molecular weight is 282 g/mol. The van der Waals surface area contributed by atoms with E-state index in [0.717, 1.165) is 11.5 Å². The molecule has 1 saturated carbocycles. The predicted octanol–water partition coefficient (Wildman–Crippen LogP) is 4.41. The number of carbonyl (C=O) groups is 1. The molecule has 1 atom stereocenters. The molecule has 4 rings (SSSR count). The summed E-state index contributed by atoms with van der Waals surface area (Å²) in [5, 5.41) is 0. The molecule has 0 bridgehead atoms. The highest BCUT2D eigenvalue weighted by molar-refractivity contribution is 6.00. The number of hydrogen-bond donors (Lipinski definition) is 0. The third kappa shape index (κ3) is 2.33. The highest BCUT2D eigenvalue weighted by Gasteiger charge is 2.29. The molecule has 1 aliphatic heterocycles. The van der Waals surface area contributed by atoms with Crippen molar-refractivity contribution in [1.82, 2.24) is 0 Å². The number of Topliss-reactive ketones (excluding diaryl/α,β-unsaturated/α-hetero) is 1. The molecule has 106 valence electrons. The first-order valence-electron chi connectivity index (χ1n) is 7.30. The average Bonchev–Trinajstić information content (AvgIpc) is 3.33. The van der Waals surface area contributed by atoms with Gasteiger partial charge in [-0.25, -0.2) is 4.39 Å². The summed E-state index contributed by atoms with van der Waals surface area (Å²) in [6, 6.07) is 12.4. The van der Waals surface area contributed by atoms with E-state index in [2.05, 4.69) is 12.1 Å². The van der Waals surface area contributed by atoms with E-state index >= 15 is 0 Å². The molecule has 1 aliphatic carbocycles.